The molecule has 0 spiro atoms. The summed E-state index contributed by atoms with van der Waals surface area (Å²) in [4.78, 5) is 0. The molecule has 0 fully saturated rings. The van der Waals surface area contributed by atoms with Gasteiger partial charge in [0, 0.05) is 11.9 Å². The van der Waals surface area contributed by atoms with Crippen LogP contribution in [0.3, 0.4) is 0 Å². The molecule has 1 atom stereocenters. The lowest BCUT2D eigenvalue weighted by Gasteiger charge is -2.20. The lowest BCUT2D eigenvalue weighted by molar-refractivity contribution is 0.475. The lowest BCUT2D eigenvalue weighted by Crippen LogP contribution is -2.32. The van der Waals surface area contributed by atoms with Crippen molar-refractivity contribution in [3.8, 4) is 5.75 Å². The Bertz CT molecular complexity index is 393. The van der Waals surface area contributed by atoms with Crippen LogP contribution in [0.15, 0.2) is 48.2 Å². The van der Waals surface area contributed by atoms with Gasteiger partial charge >= 0.3 is 0 Å². The Balaban J connectivity index is 1.99. The average molecular weight is 202 g/mol. The van der Waals surface area contributed by atoms with Crippen molar-refractivity contribution < 1.29 is 5.11 Å². The topological polar surface area (TPSA) is 44.3 Å². The second-order valence-electron chi connectivity index (χ2n) is 3.58. The highest BCUT2D eigenvalue weighted by molar-refractivity contribution is 5.48. The van der Waals surface area contributed by atoms with E-state index in [2.05, 4.69) is 22.8 Å². The number of nitrogens with one attached hydrogen (secondary N) is 2. The summed E-state index contributed by atoms with van der Waals surface area (Å²) in [5.74, 6) is 0.281. The minimum absolute atomic E-state index is 0.109. The molecule has 78 valence electrons. The van der Waals surface area contributed by atoms with E-state index in [1.807, 2.05) is 25.3 Å². The maximum absolute atomic E-state index is 9.13. The summed E-state index contributed by atoms with van der Waals surface area (Å²) in [5.41, 5.74) is 2.18. The molecule has 1 aliphatic heterocycles. The lowest BCUT2D eigenvalue weighted by atomic mass is 10.2. The molecule has 0 bridgehead atoms. The Labute approximate surface area is 89.1 Å². The van der Waals surface area contributed by atoms with E-state index in [4.69, 9.17) is 5.11 Å². The fourth-order valence-corrected chi connectivity index (χ4v) is 1.40. The molecule has 0 saturated heterocycles. The first-order chi connectivity index (χ1) is 7.24. The maximum Gasteiger partial charge on any atom is 0.116 e. The Morgan fingerprint density at radius 3 is 2.60 bits per heavy atom. The van der Waals surface area contributed by atoms with Crippen molar-refractivity contribution >= 4 is 5.69 Å². The van der Waals surface area contributed by atoms with Gasteiger partial charge in [0.05, 0.1) is 0 Å². The van der Waals surface area contributed by atoms with Crippen LogP contribution < -0.4 is 10.6 Å². The van der Waals surface area contributed by atoms with Gasteiger partial charge in [0.25, 0.3) is 0 Å². The normalized spacial score (nSPS) is 19.3. The number of allylic oxidation sites excluding steroid dienone is 2. The number of dihydropyridines is 1. The molecule has 2 rings (SSSR count). The van der Waals surface area contributed by atoms with Crippen molar-refractivity contribution in [3.05, 3.63) is 48.2 Å². The van der Waals surface area contributed by atoms with Crippen LogP contribution in [0.5, 0.6) is 5.75 Å². The Kier molecular flexibility index (Phi) is 2.63. The van der Waals surface area contributed by atoms with E-state index in [1.54, 1.807) is 12.1 Å². The largest absolute Gasteiger partial charge is 0.508 e. The van der Waals surface area contributed by atoms with Crippen LogP contribution in [-0.4, -0.2) is 11.3 Å². The molecule has 0 radical (unpaired) electrons. The SMILES string of the molecule is CC1=CNC(Nc2ccc(O)cc2)C=C1. The third-order valence-electron chi connectivity index (χ3n) is 2.23. The fraction of sp³-hybridized carbons (Fsp3) is 0.167. The molecule has 1 aliphatic rings. The van der Waals surface area contributed by atoms with E-state index in [0.29, 0.717) is 0 Å². The molecule has 1 aromatic carbocycles. The van der Waals surface area contributed by atoms with Gasteiger partial charge in [-0.2, -0.15) is 0 Å². The van der Waals surface area contributed by atoms with Crippen molar-refractivity contribution in [2.24, 2.45) is 0 Å². The summed E-state index contributed by atoms with van der Waals surface area (Å²) >= 11 is 0. The van der Waals surface area contributed by atoms with Gasteiger partial charge in [-0.1, -0.05) is 6.08 Å². The average Bonchev–Trinajstić information content (AvgIpc) is 2.25. The van der Waals surface area contributed by atoms with E-state index < -0.39 is 0 Å². The first kappa shape index (κ1) is 9.65. The minimum atomic E-state index is 0.109. The predicted octanol–water partition coefficient (Wildman–Crippen LogP) is 2.19. The van der Waals surface area contributed by atoms with Gasteiger partial charge in [0.1, 0.15) is 11.9 Å². The summed E-state index contributed by atoms with van der Waals surface area (Å²) in [6, 6.07) is 7.01. The molecule has 1 heterocycles. The van der Waals surface area contributed by atoms with Crippen LogP contribution in [0.4, 0.5) is 5.69 Å². The number of phenolic OH excluding ortho intramolecular Hbond substituents is 1. The zero-order valence-electron chi connectivity index (χ0n) is 8.57. The van der Waals surface area contributed by atoms with Crippen LogP contribution in [-0.2, 0) is 0 Å². The Hall–Kier alpha value is -1.90. The third kappa shape index (κ3) is 2.53. The van der Waals surface area contributed by atoms with Crippen LogP contribution >= 0.6 is 0 Å². The third-order valence-corrected chi connectivity index (χ3v) is 2.23. The Morgan fingerprint density at radius 2 is 2.00 bits per heavy atom. The number of anilines is 1. The van der Waals surface area contributed by atoms with Crippen LogP contribution in [0.1, 0.15) is 6.92 Å². The molecular formula is C12H14N2O. The van der Waals surface area contributed by atoms with E-state index in [1.165, 1.54) is 5.57 Å². The van der Waals surface area contributed by atoms with Crippen LogP contribution in [0.2, 0.25) is 0 Å². The number of hydrogen-bond donors (Lipinski definition) is 3. The zero-order valence-corrected chi connectivity index (χ0v) is 8.57. The fourth-order valence-electron chi connectivity index (χ4n) is 1.40. The molecule has 15 heavy (non-hydrogen) atoms. The molecule has 1 unspecified atom stereocenters. The number of rotatable bonds is 2. The van der Waals surface area contributed by atoms with Gasteiger partial charge in [-0.25, -0.2) is 0 Å². The smallest absolute Gasteiger partial charge is 0.116 e. The van der Waals surface area contributed by atoms with Crippen LogP contribution in [0.25, 0.3) is 0 Å². The highest BCUT2D eigenvalue weighted by Crippen LogP contribution is 2.15. The monoisotopic (exact) mass is 202 g/mol. The van der Waals surface area contributed by atoms with Gasteiger partial charge in [0.15, 0.2) is 0 Å². The molecule has 0 amide bonds. The quantitative estimate of drug-likeness (QED) is 0.644. The van der Waals surface area contributed by atoms with Gasteiger partial charge in [0.2, 0.25) is 0 Å². The van der Waals surface area contributed by atoms with Crippen molar-refractivity contribution in [1.82, 2.24) is 5.32 Å². The van der Waals surface area contributed by atoms with Crippen molar-refractivity contribution in [1.29, 1.82) is 0 Å². The van der Waals surface area contributed by atoms with Gasteiger partial charge in [-0.05, 0) is 42.8 Å². The molecular weight excluding hydrogens is 188 g/mol. The standard InChI is InChI=1S/C12H14N2O/c1-9-2-7-12(13-8-9)14-10-3-5-11(15)6-4-10/h2-8,12-15H,1H3. The Morgan fingerprint density at radius 1 is 1.27 bits per heavy atom. The van der Waals surface area contributed by atoms with Gasteiger partial charge in [-0.15, -0.1) is 0 Å². The van der Waals surface area contributed by atoms with Crippen molar-refractivity contribution in [2.75, 3.05) is 5.32 Å². The second-order valence-corrected chi connectivity index (χ2v) is 3.58. The van der Waals surface area contributed by atoms with Crippen molar-refractivity contribution in [3.63, 3.8) is 0 Å². The van der Waals surface area contributed by atoms with E-state index >= 15 is 0 Å². The van der Waals surface area contributed by atoms with E-state index in [9.17, 15) is 0 Å². The summed E-state index contributed by atoms with van der Waals surface area (Å²) in [5, 5.41) is 15.6. The number of phenols is 1. The van der Waals surface area contributed by atoms with E-state index in [0.717, 1.165) is 5.69 Å². The minimum Gasteiger partial charge on any atom is -0.508 e. The van der Waals surface area contributed by atoms with Crippen molar-refractivity contribution in [2.45, 2.75) is 13.1 Å². The first-order valence-electron chi connectivity index (χ1n) is 4.91. The molecule has 3 N–H and O–H groups in total. The van der Waals surface area contributed by atoms with Crippen LogP contribution in [0, 0.1) is 0 Å². The number of hydrogen-bond acceptors (Lipinski definition) is 3. The molecule has 1 aromatic rings. The highest BCUT2D eigenvalue weighted by atomic mass is 16.3. The van der Waals surface area contributed by atoms with Gasteiger partial charge < -0.3 is 15.7 Å². The summed E-state index contributed by atoms with van der Waals surface area (Å²) in [6.07, 6.45) is 6.20. The highest BCUT2D eigenvalue weighted by Gasteiger charge is 2.04. The zero-order chi connectivity index (χ0) is 10.7. The number of aromatic hydroxyl groups is 1. The molecule has 3 heteroatoms. The molecule has 0 aromatic heterocycles. The molecule has 0 saturated carbocycles. The summed E-state index contributed by atoms with van der Waals surface area (Å²) in [7, 11) is 0. The second kappa shape index (κ2) is 4.09. The number of benzene rings is 1. The van der Waals surface area contributed by atoms with Gasteiger partial charge in [-0.3, -0.25) is 0 Å². The molecule has 0 aliphatic carbocycles. The first-order valence-corrected chi connectivity index (χ1v) is 4.91. The van der Waals surface area contributed by atoms with E-state index in [-0.39, 0.29) is 11.9 Å². The summed E-state index contributed by atoms with van der Waals surface area (Å²) < 4.78 is 0. The predicted molar refractivity (Wildman–Crippen MR) is 61.6 cm³/mol. The molecule has 3 nitrogen and oxygen atoms in total. The summed E-state index contributed by atoms with van der Waals surface area (Å²) in [6.45, 7) is 2.04. The maximum atomic E-state index is 9.13.